The standard InChI is InChI=1S/C24H22INO3/c25-20-10-5-4-9-19(20)24(27)26-21(15-17-7-2-1-3-8-17)18-11-12-22-23(16-18)29-14-6-13-28-22/h1-5,7-12,16,21H,6,13-15H2,(H,26,27). The molecule has 29 heavy (non-hydrogen) atoms. The first-order valence-corrected chi connectivity index (χ1v) is 10.8. The molecule has 4 nitrogen and oxygen atoms in total. The predicted molar refractivity (Wildman–Crippen MR) is 122 cm³/mol. The van der Waals surface area contributed by atoms with Gasteiger partial charge in [-0.1, -0.05) is 48.5 Å². The Morgan fingerprint density at radius 1 is 0.931 bits per heavy atom. The lowest BCUT2D eigenvalue weighted by atomic mass is 9.98. The van der Waals surface area contributed by atoms with E-state index >= 15 is 0 Å². The molecule has 3 aromatic rings. The Morgan fingerprint density at radius 3 is 2.45 bits per heavy atom. The number of amides is 1. The summed E-state index contributed by atoms with van der Waals surface area (Å²) in [4.78, 5) is 13.0. The molecular weight excluding hydrogens is 477 g/mol. The molecule has 0 saturated carbocycles. The molecule has 0 aliphatic carbocycles. The van der Waals surface area contributed by atoms with Crippen molar-refractivity contribution in [2.75, 3.05) is 13.2 Å². The molecule has 3 aromatic carbocycles. The summed E-state index contributed by atoms with van der Waals surface area (Å²) in [6, 6.07) is 23.6. The molecule has 4 rings (SSSR count). The Labute approximate surface area is 184 Å². The Hall–Kier alpha value is -2.54. The van der Waals surface area contributed by atoms with Crippen molar-refractivity contribution in [3.8, 4) is 11.5 Å². The van der Waals surface area contributed by atoms with E-state index in [0.717, 1.165) is 32.6 Å². The van der Waals surface area contributed by atoms with Crippen LogP contribution in [-0.2, 0) is 6.42 Å². The van der Waals surface area contributed by atoms with Gasteiger partial charge in [0.1, 0.15) is 0 Å². The van der Waals surface area contributed by atoms with Gasteiger partial charge >= 0.3 is 0 Å². The van der Waals surface area contributed by atoms with Crippen molar-refractivity contribution in [3.63, 3.8) is 0 Å². The van der Waals surface area contributed by atoms with Crippen LogP contribution in [0.2, 0.25) is 0 Å². The number of benzene rings is 3. The second kappa shape index (κ2) is 9.31. The number of carbonyl (C=O) groups is 1. The van der Waals surface area contributed by atoms with Gasteiger partial charge < -0.3 is 14.8 Å². The van der Waals surface area contributed by atoms with Gasteiger partial charge in [-0.3, -0.25) is 4.79 Å². The van der Waals surface area contributed by atoms with Crippen LogP contribution in [0.15, 0.2) is 72.8 Å². The fraction of sp³-hybridized carbons (Fsp3) is 0.208. The fourth-order valence-electron chi connectivity index (χ4n) is 3.38. The summed E-state index contributed by atoms with van der Waals surface area (Å²) in [5.74, 6) is 1.42. The third-order valence-corrected chi connectivity index (χ3v) is 5.82. The van der Waals surface area contributed by atoms with Crippen molar-refractivity contribution in [1.82, 2.24) is 5.32 Å². The SMILES string of the molecule is O=C(NC(Cc1ccccc1)c1ccc2c(c1)OCCCO2)c1ccccc1I. The van der Waals surface area contributed by atoms with E-state index in [9.17, 15) is 4.79 Å². The molecule has 1 atom stereocenters. The van der Waals surface area contributed by atoms with Gasteiger partial charge in [-0.05, 0) is 64.4 Å². The number of halogens is 1. The van der Waals surface area contributed by atoms with Gasteiger partial charge in [-0.15, -0.1) is 0 Å². The first kappa shape index (κ1) is 19.8. The molecule has 1 unspecified atom stereocenters. The van der Waals surface area contributed by atoms with Gasteiger partial charge in [0.05, 0.1) is 24.8 Å². The zero-order valence-corrected chi connectivity index (χ0v) is 18.1. The summed E-state index contributed by atoms with van der Waals surface area (Å²) in [6.45, 7) is 1.29. The molecule has 1 aliphatic rings. The average molecular weight is 499 g/mol. The predicted octanol–water partition coefficient (Wildman–Crippen LogP) is 5.17. The van der Waals surface area contributed by atoms with Crippen LogP contribution in [-0.4, -0.2) is 19.1 Å². The lowest BCUT2D eigenvalue weighted by Gasteiger charge is -2.21. The van der Waals surface area contributed by atoms with E-state index in [0.29, 0.717) is 25.2 Å². The number of carbonyl (C=O) groups excluding carboxylic acids is 1. The van der Waals surface area contributed by atoms with E-state index < -0.39 is 0 Å². The number of hydrogen-bond donors (Lipinski definition) is 1. The van der Waals surface area contributed by atoms with Gasteiger partial charge in [0.15, 0.2) is 11.5 Å². The molecule has 0 bridgehead atoms. The van der Waals surface area contributed by atoms with Crippen LogP contribution in [0.25, 0.3) is 0 Å². The third-order valence-electron chi connectivity index (χ3n) is 4.88. The Balaban J connectivity index is 1.64. The van der Waals surface area contributed by atoms with Crippen LogP contribution in [0.1, 0.15) is 33.9 Å². The maximum atomic E-state index is 13.0. The highest BCUT2D eigenvalue weighted by atomic mass is 127. The van der Waals surface area contributed by atoms with Crippen molar-refractivity contribution in [3.05, 3.63) is 93.1 Å². The van der Waals surface area contributed by atoms with Crippen molar-refractivity contribution in [2.24, 2.45) is 0 Å². The van der Waals surface area contributed by atoms with Crippen molar-refractivity contribution in [2.45, 2.75) is 18.9 Å². The van der Waals surface area contributed by atoms with Gasteiger partial charge in [-0.25, -0.2) is 0 Å². The highest BCUT2D eigenvalue weighted by Crippen LogP contribution is 2.33. The molecule has 0 spiro atoms. The number of hydrogen-bond acceptors (Lipinski definition) is 3. The molecule has 0 radical (unpaired) electrons. The minimum absolute atomic E-state index is 0.0805. The minimum atomic E-state index is -0.182. The zero-order valence-electron chi connectivity index (χ0n) is 15.9. The maximum Gasteiger partial charge on any atom is 0.252 e. The first-order chi connectivity index (χ1) is 14.2. The van der Waals surface area contributed by atoms with Crippen molar-refractivity contribution >= 4 is 28.5 Å². The average Bonchev–Trinajstić information content (AvgIpc) is 2.99. The molecular formula is C24H22INO3. The third kappa shape index (κ3) is 4.90. The van der Waals surface area contributed by atoms with Crippen LogP contribution in [0, 0.1) is 3.57 Å². The molecule has 0 saturated heterocycles. The Morgan fingerprint density at radius 2 is 1.66 bits per heavy atom. The normalized spacial score (nSPS) is 14.0. The number of fused-ring (bicyclic) bond motifs is 1. The van der Waals surface area contributed by atoms with Gasteiger partial charge in [-0.2, -0.15) is 0 Å². The highest BCUT2D eigenvalue weighted by molar-refractivity contribution is 14.1. The largest absolute Gasteiger partial charge is 0.490 e. The summed E-state index contributed by atoms with van der Waals surface area (Å²) >= 11 is 2.20. The van der Waals surface area contributed by atoms with E-state index in [1.807, 2.05) is 60.7 Å². The van der Waals surface area contributed by atoms with Crippen molar-refractivity contribution in [1.29, 1.82) is 0 Å². The zero-order chi connectivity index (χ0) is 20.1. The Bertz CT molecular complexity index is 990. The summed E-state index contributed by atoms with van der Waals surface area (Å²) in [7, 11) is 0. The maximum absolute atomic E-state index is 13.0. The first-order valence-electron chi connectivity index (χ1n) is 9.69. The van der Waals surface area contributed by atoms with E-state index in [1.165, 1.54) is 0 Å². The summed E-state index contributed by atoms with van der Waals surface area (Å²) < 4.78 is 12.5. The van der Waals surface area contributed by atoms with E-state index in [4.69, 9.17) is 9.47 Å². The topological polar surface area (TPSA) is 47.6 Å². The smallest absolute Gasteiger partial charge is 0.252 e. The molecule has 0 aromatic heterocycles. The van der Waals surface area contributed by atoms with Gasteiger partial charge in [0.25, 0.3) is 5.91 Å². The molecule has 1 aliphatic heterocycles. The lowest BCUT2D eigenvalue weighted by Crippen LogP contribution is -2.30. The molecule has 5 heteroatoms. The van der Waals surface area contributed by atoms with Gasteiger partial charge in [0, 0.05) is 9.99 Å². The lowest BCUT2D eigenvalue weighted by molar-refractivity contribution is 0.0935. The minimum Gasteiger partial charge on any atom is -0.490 e. The summed E-state index contributed by atoms with van der Waals surface area (Å²) in [5.41, 5.74) is 2.84. The van der Waals surface area contributed by atoms with E-state index in [2.05, 4.69) is 40.0 Å². The van der Waals surface area contributed by atoms with Crippen LogP contribution >= 0.6 is 22.6 Å². The number of nitrogens with one attached hydrogen (secondary N) is 1. The molecule has 1 N–H and O–H groups in total. The summed E-state index contributed by atoms with van der Waals surface area (Å²) in [5, 5.41) is 3.22. The summed E-state index contributed by atoms with van der Waals surface area (Å²) in [6.07, 6.45) is 1.55. The molecule has 0 fully saturated rings. The van der Waals surface area contributed by atoms with E-state index in [1.54, 1.807) is 0 Å². The van der Waals surface area contributed by atoms with Crippen molar-refractivity contribution < 1.29 is 14.3 Å². The second-order valence-corrected chi connectivity index (χ2v) is 8.11. The highest BCUT2D eigenvalue weighted by Gasteiger charge is 2.20. The van der Waals surface area contributed by atoms with E-state index in [-0.39, 0.29) is 11.9 Å². The van der Waals surface area contributed by atoms with Crippen LogP contribution < -0.4 is 14.8 Å². The Kier molecular flexibility index (Phi) is 6.34. The van der Waals surface area contributed by atoms with Crippen LogP contribution in [0.4, 0.5) is 0 Å². The van der Waals surface area contributed by atoms with Crippen LogP contribution in [0.5, 0.6) is 11.5 Å². The van der Waals surface area contributed by atoms with Crippen LogP contribution in [0.3, 0.4) is 0 Å². The fourth-order valence-corrected chi connectivity index (χ4v) is 4.01. The number of rotatable bonds is 5. The quantitative estimate of drug-likeness (QED) is 0.493. The molecule has 148 valence electrons. The molecule has 1 heterocycles. The monoisotopic (exact) mass is 499 g/mol. The second-order valence-electron chi connectivity index (χ2n) is 6.95. The van der Waals surface area contributed by atoms with Gasteiger partial charge in [0.2, 0.25) is 0 Å². The molecule has 1 amide bonds. The number of ether oxygens (including phenoxy) is 2.